The van der Waals surface area contributed by atoms with Crippen molar-refractivity contribution in [2.24, 2.45) is 5.41 Å². The summed E-state index contributed by atoms with van der Waals surface area (Å²) in [5.74, 6) is -0.394. The largest absolute Gasteiger partial charge is 0.335 e. The van der Waals surface area contributed by atoms with Crippen LogP contribution in [-0.4, -0.2) is 18.0 Å². The number of carbonyl (C=O) groups is 2. The third kappa shape index (κ3) is 4.20. The van der Waals surface area contributed by atoms with Crippen LogP contribution in [-0.2, 0) is 0 Å². The van der Waals surface area contributed by atoms with Gasteiger partial charge in [-0.25, -0.2) is 4.79 Å². The smallest absolute Gasteiger partial charge is 0.321 e. The van der Waals surface area contributed by atoms with E-state index in [0.717, 1.165) is 0 Å². The summed E-state index contributed by atoms with van der Waals surface area (Å²) in [7, 11) is 0. The number of carbonyl (C=O) groups excluding carboxylic acids is 2. The zero-order valence-electron chi connectivity index (χ0n) is 11.3. The van der Waals surface area contributed by atoms with Gasteiger partial charge in [0, 0.05) is 11.6 Å². The molecule has 2 N–H and O–H groups in total. The summed E-state index contributed by atoms with van der Waals surface area (Å²) < 4.78 is 0. The van der Waals surface area contributed by atoms with Crippen molar-refractivity contribution in [2.45, 2.75) is 33.7 Å². The van der Waals surface area contributed by atoms with E-state index in [1.165, 1.54) is 0 Å². The van der Waals surface area contributed by atoms with E-state index in [1.54, 1.807) is 24.3 Å². The summed E-state index contributed by atoms with van der Waals surface area (Å²) in [6, 6.07) is 8.16. The molecule has 0 aliphatic carbocycles. The molecule has 0 aliphatic rings. The van der Waals surface area contributed by atoms with Gasteiger partial charge in [-0.05, 0) is 24.5 Å². The van der Waals surface area contributed by atoms with Gasteiger partial charge in [0.1, 0.15) is 0 Å². The number of hydrogen-bond donors (Lipinski definition) is 2. The van der Waals surface area contributed by atoms with Crippen molar-refractivity contribution in [3.8, 4) is 0 Å². The Morgan fingerprint density at radius 2 is 1.67 bits per heavy atom. The van der Waals surface area contributed by atoms with Crippen molar-refractivity contribution in [1.82, 2.24) is 10.6 Å². The van der Waals surface area contributed by atoms with E-state index >= 15 is 0 Å². The fraction of sp³-hybridized carbons (Fsp3) is 0.429. The minimum Gasteiger partial charge on any atom is -0.335 e. The van der Waals surface area contributed by atoms with Crippen LogP contribution in [0.3, 0.4) is 0 Å². The second kappa shape index (κ2) is 5.67. The summed E-state index contributed by atoms with van der Waals surface area (Å²) in [6.07, 6.45) is 0. The maximum atomic E-state index is 11.7. The van der Waals surface area contributed by atoms with Gasteiger partial charge in [-0.15, -0.1) is 0 Å². The second-order valence-electron chi connectivity index (χ2n) is 5.38. The van der Waals surface area contributed by atoms with Gasteiger partial charge in [-0.3, -0.25) is 10.1 Å². The van der Waals surface area contributed by atoms with Crippen LogP contribution in [0.5, 0.6) is 0 Å². The Labute approximate surface area is 108 Å². The Bertz CT molecular complexity index is 421. The first-order valence-electron chi connectivity index (χ1n) is 5.97. The standard InChI is InChI=1S/C14H20N2O2/c1-10(14(2,3)4)15-13(18)16-12(17)11-8-6-5-7-9-11/h5-10H,1-4H3,(H2,15,16,17,18). The maximum Gasteiger partial charge on any atom is 0.321 e. The molecule has 4 heteroatoms. The van der Waals surface area contributed by atoms with Crippen LogP contribution < -0.4 is 10.6 Å². The van der Waals surface area contributed by atoms with E-state index in [2.05, 4.69) is 10.6 Å². The van der Waals surface area contributed by atoms with Gasteiger partial charge in [0.15, 0.2) is 0 Å². The lowest BCUT2D eigenvalue weighted by Crippen LogP contribution is -2.48. The Balaban J connectivity index is 2.54. The molecule has 1 aromatic carbocycles. The molecular formula is C14H20N2O2. The summed E-state index contributed by atoms with van der Waals surface area (Å²) in [6.45, 7) is 7.98. The van der Waals surface area contributed by atoms with Crippen molar-refractivity contribution in [3.63, 3.8) is 0 Å². The molecule has 1 aromatic rings. The zero-order chi connectivity index (χ0) is 13.8. The third-order valence-corrected chi connectivity index (χ3v) is 2.91. The zero-order valence-corrected chi connectivity index (χ0v) is 11.3. The summed E-state index contributed by atoms with van der Waals surface area (Å²) in [5.41, 5.74) is 0.420. The first-order valence-corrected chi connectivity index (χ1v) is 5.97. The van der Waals surface area contributed by atoms with Crippen molar-refractivity contribution in [3.05, 3.63) is 35.9 Å². The Hall–Kier alpha value is -1.84. The predicted octanol–water partition coefficient (Wildman–Crippen LogP) is 2.56. The van der Waals surface area contributed by atoms with Crippen LogP contribution in [0.4, 0.5) is 4.79 Å². The lowest BCUT2D eigenvalue weighted by molar-refractivity contribution is 0.0961. The van der Waals surface area contributed by atoms with E-state index in [1.807, 2.05) is 33.8 Å². The Morgan fingerprint density at radius 3 is 2.17 bits per heavy atom. The van der Waals surface area contributed by atoms with E-state index in [9.17, 15) is 9.59 Å². The Morgan fingerprint density at radius 1 is 1.11 bits per heavy atom. The molecule has 1 rings (SSSR count). The number of benzene rings is 1. The second-order valence-corrected chi connectivity index (χ2v) is 5.38. The normalized spacial score (nSPS) is 12.7. The van der Waals surface area contributed by atoms with Crippen LogP contribution in [0.1, 0.15) is 38.1 Å². The van der Waals surface area contributed by atoms with Crippen LogP contribution in [0.2, 0.25) is 0 Å². The van der Waals surface area contributed by atoms with E-state index in [4.69, 9.17) is 0 Å². The highest BCUT2D eigenvalue weighted by Crippen LogP contribution is 2.18. The molecular weight excluding hydrogens is 228 g/mol. The average Bonchev–Trinajstić information content (AvgIpc) is 2.28. The summed E-state index contributed by atoms with van der Waals surface area (Å²) in [4.78, 5) is 23.4. The van der Waals surface area contributed by atoms with Crippen molar-refractivity contribution in [2.75, 3.05) is 0 Å². The SMILES string of the molecule is CC(NC(=O)NC(=O)c1ccccc1)C(C)(C)C. The molecule has 0 radical (unpaired) electrons. The first kappa shape index (κ1) is 14.2. The van der Waals surface area contributed by atoms with Crippen molar-refractivity contribution < 1.29 is 9.59 Å². The molecule has 1 atom stereocenters. The molecule has 98 valence electrons. The topological polar surface area (TPSA) is 58.2 Å². The highest BCUT2D eigenvalue weighted by molar-refractivity contribution is 6.04. The van der Waals surface area contributed by atoms with Crippen molar-refractivity contribution >= 4 is 11.9 Å². The third-order valence-electron chi connectivity index (χ3n) is 2.91. The number of amides is 3. The molecule has 0 aromatic heterocycles. The number of nitrogens with one attached hydrogen (secondary N) is 2. The lowest BCUT2D eigenvalue weighted by atomic mass is 9.88. The predicted molar refractivity (Wildman–Crippen MR) is 71.4 cm³/mol. The van der Waals surface area contributed by atoms with E-state index in [-0.39, 0.29) is 11.5 Å². The van der Waals surface area contributed by atoms with Gasteiger partial charge >= 0.3 is 6.03 Å². The van der Waals surface area contributed by atoms with Crippen LogP contribution in [0, 0.1) is 5.41 Å². The van der Waals surface area contributed by atoms with Gasteiger partial charge in [0.25, 0.3) is 5.91 Å². The Kier molecular flexibility index (Phi) is 4.48. The fourth-order valence-corrected chi connectivity index (χ4v) is 1.21. The monoisotopic (exact) mass is 248 g/mol. The fourth-order valence-electron chi connectivity index (χ4n) is 1.21. The van der Waals surface area contributed by atoms with Gasteiger partial charge in [0.05, 0.1) is 0 Å². The molecule has 0 fully saturated rings. The molecule has 18 heavy (non-hydrogen) atoms. The van der Waals surface area contributed by atoms with Crippen molar-refractivity contribution in [1.29, 1.82) is 0 Å². The molecule has 0 aliphatic heterocycles. The molecule has 3 amide bonds. The van der Waals surface area contributed by atoms with Crippen LogP contribution in [0.25, 0.3) is 0 Å². The summed E-state index contributed by atoms with van der Waals surface area (Å²) >= 11 is 0. The quantitative estimate of drug-likeness (QED) is 0.845. The molecule has 0 bridgehead atoms. The highest BCUT2D eigenvalue weighted by atomic mass is 16.2. The lowest BCUT2D eigenvalue weighted by Gasteiger charge is -2.27. The van der Waals surface area contributed by atoms with Crippen LogP contribution in [0.15, 0.2) is 30.3 Å². The molecule has 0 saturated carbocycles. The van der Waals surface area contributed by atoms with E-state index < -0.39 is 11.9 Å². The van der Waals surface area contributed by atoms with Gasteiger partial charge < -0.3 is 5.32 Å². The summed E-state index contributed by atoms with van der Waals surface area (Å²) in [5, 5.41) is 5.06. The molecule has 0 spiro atoms. The molecule has 4 nitrogen and oxygen atoms in total. The molecule has 1 unspecified atom stereocenters. The first-order chi connectivity index (χ1) is 8.30. The minimum atomic E-state index is -0.466. The van der Waals surface area contributed by atoms with Crippen LogP contribution >= 0.6 is 0 Å². The number of urea groups is 1. The number of rotatable bonds is 2. The highest BCUT2D eigenvalue weighted by Gasteiger charge is 2.22. The number of hydrogen-bond acceptors (Lipinski definition) is 2. The maximum absolute atomic E-state index is 11.7. The molecule has 0 heterocycles. The number of imide groups is 1. The van der Waals surface area contributed by atoms with Gasteiger partial charge in [0.2, 0.25) is 0 Å². The molecule has 0 saturated heterocycles. The average molecular weight is 248 g/mol. The van der Waals surface area contributed by atoms with E-state index in [0.29, 0.717) is 5.56 Å². The van der Waals surface area contributed by atoms with Gasteiger partial charge in [-0.2, -0.15) is 0 Å². The van der Waals surface area contributed by atoms with Gasteiger partial charge in [-0.1, -0.05) is 39.0 Å². The minimum absolute atomic E-state index is 0.0268.